The number of hydrogen-bond donors (Lipinski definition) is 1. The first-order chi connectivity index (χ1) is 16.1. The number of aryl methyl sites for hydroxylation is 2. The predicted molar refractivity (Wildman–Crippen MR) is 129 cm³/mol. The Kier molecular flexibility index (Phi) is 4.97. The predicted octanol–water partition coefficient (Wildman–Crippen LogP) is 4.97. The third kappa shape index (κ3) is 3.27. The molecule has 170 valence electrons. The van der Waals surface area contributed by atoms with E-state index >= 15 is 0 Å². The van der Waals surface area contributed by atoms with Gasteiger partial charge in [0.2, 0.25) is 0 Å². The molecule has 0 bridgehead atoms. The Labute approximate surface area is 195 Å². The highest BCUT2D eigenvalue weighted by Crippen LogP contribution is 2.52. The number of nitrogens with zero attached hydrogens (tertiary/aromatic N) is 1. The summed E-state index contributed by atoms with van der Waals surface area (Å²) >= 11 is 0. The highest BCUT2D eigenvalue weighted by atomic mass is 16.5. The molecule has 3 aromatic rings. The summed E-state index contributed by atoms with van der Waals surface area (Å²) < 4.78 is 11.1. The fourth-order valence-corrected chi connectivity index (χ4v) is 6.51. The molecule has 0 radical (unpaired) electrons. The van der Waals surface area contributed by atoms with Crippen LogP contribution in [0, 0.1) is 0 Å². The number of rotatable bonds is 3. The molecule has 2 heterocycles. The average Bonchev–Trinajstić information content (AvgIpc) is 3.02. The molecule has 33 heavy (non-hydrogen) atoms. The molecule has 3 aliphatic rings. The van der Waals surface area contributed by atoms with E-state index in [0.29, 0.717) is 24.5 Å². The summed E-state index contributed by atoms with van der Waals surface area (Å²) in [6.45, 7) is 1.88. The molecule has 0 amide bonds. The second-order valence-electron chi connectivity index (χ2n) is 9.73. The Balaban J connectivity index is 1.43. The SMILES string of the molecule is COc1ccc([C@@]2(O)CCN3C[C@@H]4c5ccccc5CCc5cccc(c54)[C@H]3C2)c(OC)c1. The molecule has 6 rings (SSSR count). The van der Waals surface area contributed by atoms with Gasteiger partial charge in [-0.1, -0.05) is 42.5 Å². The molecule has 3 atom stereocenters. The number of ether oxygens (including phenoxy) is 2. The molecule has 2 aliphatic heterocycles. The molecule has 4 heteroatoms. The summed E-state index contributed by atoms with van der Waals surface area (Å²) in [7, 11) is 3.32. The van der Waals surface area contributed by atoms with E-state index in [0.717, 1.165) is 37.2 Å². The van der Waals surface area contributed by atoms with Gasteiger partial charge in [0, 0.05) is 43.1 Å². The minimum Gasteiger partial charge on any atom is -0.497 e. The van der Waals surface area contributed by atoms with E-state index in [4.69, 9.17) is 9.47 Å². The number of methoxy groups -OCH3 is 2. The fraction of sp³-hybridized carbons (Fsp3) is 0.379. The number of hydrogen-bond acceptors (Lipinski definition) is 4. The largest absolute Gasteiger partial charge is 0.497 e. The van der Waals surface area contributed by atoms with E-state index < -0.39 is 5.60 Å². The van der Waals surface area contributed by atoms with Gasteiger partial charge in [0.15, 0.2) is 0 Å². The molecular formula is C29H31NO3. The Morgan fingerprint density at radius 3 is 2.55 bits per heavy atom. The lowest BCUT2D eigenvalue weighted by Gasteiger charge is -2.49. The zero-order valence-corrected chi connectivity index (χ0v) is 19.4. The van der Waals surface area contributed by atoms with Crippen LogP contribution in [-0.2, 0) is 18.4 Å². The van der Waals surface area contributed by atoms with Gasteiger partial charge < -0.3 is 14.6 Å². The molecule has 0 aromatic heterocycles. The van der Waals surface area contributed by atoms with Crippen molar-refractivity contribution in [2.75, 3.05) is 27.3 Å². The van der Waals surface area contributed by atoms with Crippen LogP contribution in [0.1, 0.15) is 58.2 Å². The first-order valence-electron chi connectivity index (χ1n) is 12.0. The Morgan fingerprint density at radius 2 is 1.70 bits per heavy atom. The van der Waals surface area contributed by atoms with Gasteiger partial charge in [-0.3, -0.25) is 4.90 Å². The lowest BCUT2D eigenvalue weighted by atomic mass is 9.72. The van der Waals surface area contributed by atoms with Crippen LogP contribution in [0.5, 0.6) is 11.5 Å². The third-order valence-corrected chi connectivity index (χ3v) is 8.14. The Bertz CT molecular complexity index is 1210. The highest BCUT2D eigenvalue weighted by Gasteiger charge is 2.46. The van der Waals surface area contributed by atoms with Crippen molar-refractivity contribution in [3.63, 3.8) is 0 Å². The number of piperidine rings is 1. The number of fused-ring (bicyclic) bond motifs is 4. The van der Waals surface area contributed by atoms with Crippen LogP contribution < -0.4 is 9.47 Å². The van der Waals surface area contributed by atoms with Gasteiger partial charge in [-0.15, -0.1) is 0 Å². The topological polar surface area (TPSA) is 41.9 Å². The Morgan fingerprint density at radius 1 is 0.909 bits per heavy atom. The van der Waals surface area contributed by atoms with Crippen LogP contribution in [0.2, 0.25) is 0 Å². The molecule has 1 N–H and O–H groups in total. The summed E-state index contributed by atoms with van der Waals surface area (Å²) in [5.41, 5.74) is 7.28. The number of aliphatic hydroxyl groups is 1. The van der Waals surface area contributed by atoms with Crippen LogP contribution in [0.4, 0.5) is 0 Å². The molecule has 4 nitrogen and oxygen atoms in total. The zero-order chi connectivity index (χ0) is 22.6. The quantitative estimate of drug-likeness (QED) is 0.623. The van der Waals surface area contributed by atoms with Crippen LogP contribution in [0.15, 0.2) is 60.7 Å². The zero-order valence-electron chi connectivity index (χ0n) is 19.4. The lowest BCUT2D eigenvalue weighted by molar-refractivity contribution is -0.0583. The maximum atomic E-state index is 12.0. The molecule has 0 spiro atoms. The first-order valence-corrected chi connectivity index (χ1v) is 12.0. The van der Waals surface area contributed by atoms with E-state index in [1.54, 1.807) is 14.2 Å². The van der Waals surface area contributed by atoms with E-state index in [1.807, 2.05) is 18.2 Å². The second kappa shape index (κ2) is 7.89. The van der Waals surface area contributed by atoms with Gasteiger partial charge in [-0.2, -0.15) is 0 Å². The minimum atomic E-state index is -0.934. The summed E-state index contributed by atoms with van der Waals surface area (Å²) in [4.78, 5) is 2.60. The fourth-order valence-electron chi connectivity index (χ4n) is 6.51. The van der Waals surface area contributed by atoms with Crippen LogP contribution >= 0.6 is 0 Å². The number of benzene rings is 3. The molecule has 1 saturated heterocycles. The normalized spacial score (nSPS) is 25.9. The van der Waals surface area contributed by atoms with Crippen molar-refractivity contribution in [1.29, 1.82) is 0 Å². The maximum Gasteiger partial charge on any atom is 0.128 e. The summed E-state index contributed by atoms with van der Waals surface area (Å²) in [6.07, 6.45) is 3.54. The first kappa shape index (κ1) is 20.8. The van der Waals surface area contributed by atoms with Crippen molar-refractivity contribution >= 4 is 0 Å². The van der Waals surface area contributed by atoms with Crippen molar-refractivity contribution in [3.05, 3.63) is 94.0 Å². The van der Waals surface area contributed by atoms with Crippen molar-refractivity contribution in [2.45, 2.75) is 43.2 Å². The second-order valence-corrected chi connectivity index (χ2v) is 9.73. The molecule has 1 aliphatic carbocycles. The molecule has 3 aromatic carbocycles. The summed E-state index contributed by atoms with van der Waals surface area (Å²) in [5, 5.41) is 12.0. The minimum absolute atomic E-state index is 0.201. The average molecular weight is 442 g/mol. The van der Waals surface area contributed by atoms with Gasteiger partial charge in [0.25, 0.3) is 0 Å². The van der Waals surface area contributed by atoms with E-state index in [2.05, 4.69) is 47.4 Å². The molecule has 0 unspecified atom stereocenters. The van der Waals surface area contributed by atoms with Crippen LogP contribution in [-0.4, -0.2) is 37.3 Å². The third-order valence-electron chi connectivity index (χ3n) is 8.14. The highest BCUT2D eigenvalue weighted by molar-refractivity contribution is 5.52. The van der Waals surface area contributed by atoms with Crippen LogP contribution in [0.3, 0.4) is 0 Å². The standard InChI is InChI=1S/C29H31NO3/c1-32-21-12-13-25(27(16-21)33-2)29(31)14-15-30-18-24-22-8-4-3-6-19(22)10-11-20-7-5-9-23(28(20)24)26(30)17-29/h3-9,12-13,16,24,26,31H,10-11,14-15,17-18H2,1-2H3/t24-,26-,29-/m1/s1. The van der Waals surface area contributed by atoms with Crippen molar-refractivity contribution in [3.8, 4) is 11.5 Å². The van der Waals surface area contributed by atoms with Crippen LogP contribution in [0.25, 0.3) is 0 Å². The molecular weight excluding hydrogens is 410 g/mol. The Hall–Kier alpha value is -2.82. The van der Waals surface area contributed by atoms with Crippen molar-refractivity contribution in [1.82, 2.24) is 4.90 Å². The maximum absolute atomic E-state index is 12.0. The van der Waals surface area contributed by atoms with Gasteiger partial charge >= 0.3 is 0 Å². The van der Waals surface area contributed by atoms with Gasteiger partial charge in [-0.05, 0) is 59.2 Å². The van der Waals surface area contributed by atoms with E-state index in [9.17, 15) is 5.11 Å². The lowest BCUT2D eigenvalue weighted by Crippen LogP contribution is -2.48. The smallest absolute Gasteiger partial charge is 0.128 e. The monoisotopic (exact) mass is 441 g/mol. The van der Waals surface area contributed by atoms with Gasteiger partial charge in [-0.25, -0.2) is 0 Å². The van der Waals surface area contributed by atoms with Gasteiger partial charge in [0.1, 0.15) is 11.5 Å². The molecule has 1 fully saturated rings. The van der Waals surface area contributed by atoms with Crippen molar-refractivity contribution in [2.24, 2.45) is 0 Å². The van der Waals surface area contributed by atoms with E-state index in [-0.39, 0.29) is 6.04 Å². The van der Waals surface area contributed by atoms with Gasteiger partial charge in [0.05, 0.1) is 19.8 Å². The molecule has 0 saturated carbocycles. The van der Waals surface area contributed by atoms with E-state index in [1.165, 1.54) is 27.8 Å². The van der Waals surface area contributed by atoms with Crippen molar-refractivity contribution < 1.29 is 14.6 Å². The summed E-state index contributed by atoms with van der Waals surface area (Å²) in [6, 6.07) is 21.8. The summed E-state index contributed by atoms with van der Waals surface area (Å²) in [5.74, 6) is 1.84.